The Morgan fingerprint density at radius 2 is 1.92 bits per heavy atom. The molecule has 1 aromatic heterocycles. The molecule has 5 heteroatoms. The zero-order chi connectivity index (χ0) is 25.7. The van der Waals surface area contributed by atoms with E-state index in [0.29, 0.717) is 25.5 Å². The summed E-state index contributed by atoms with van der Waals surface area (Å²) in [6.45, 7) is 7.17. The standard InChI is InChI=1S/C31H41NO4/c1-5-21(2)31(34)27(14-11-22(3)33)28-20-36-29-16-12-23-19-25(13-15-26(23)30(28)29)35-18-17-32(4)24-9-7-6-8-10-24/h12-13,15-16,19-21,24,27H,5-11,14,17-18H2,1-4H3. The van der Waals surface area contributed by atoms with E-state index in [0.717, 1.165) is 46.0 Å². The second-order valence-electron chi connectivity index (χ2n) is 10.6. The van der Waals surface area contributed by atoms with Crippen molar-refractivity contribution in [2.45, 2.75) is 84.1 Å². The molecule has 0 bridgehead atoms. The van der Waals surface area contributed by atoms with Gasteiger partial charge in [0, 0.05) is 41.8 Å². The number of furan rings is 1. The van der Waals surface area contributed by atoms with Gasteiger partial charge in [-0.15, -0.1) is 0 Å². The van der Waals surface area contributed by atoms with Gasteiger partial charge in [0.05, 0.1) is 6.26 Å². The van der Waals surface area contributed by atoms with Gasteiger partial charge < -0.3 is 18.8 Å². The highest BCUT2D eigenvalue weighted by atomic mass is 16.5. The van der Waals surface area contributed by atoms with Crippen LogP contribution in [0.2, 0.25) is 0 Å². The third kappa shape index (κ3) is 6.00. The third-order valence-electron chi connectivity index (χ3n) is 8.07. The number of rotatable bonds is 12. The quantitative estimate of drug-likeness (QED) is 0.266. The van der Waals surface area contributed by atoms with E-state index in [1.807, 2.05) is 32.0 Å². The summed E-state index contributed by atoms with van der Waals surface area (Å²) in [5.41, 5.74) is 1.66. The lowest BCUT2D eigenvalue weighted by atomic mass is 9.83. The molecule has 36 heavy (non-hydrogen) atoms. The van der Waals surface area contributed by atoms with Gasteiger partial charge in [0.15, 0.2) is 0 Å². The van der Waals surface area contributed by atoms with Crippen molar-refractivity contribution in [2.24, 2.45) is 5.92 Å². The van der Waals surface area contributed by atoms with Gasteiger partial charge in [-0.2, -0.15) is 0 Å². The van der Waals surface area contributed by atoms with E-state index >= 15 is 0 Å². The monoisotopic (exact) mass is 491 g/mol. The smallest absolute Gasteiger partial charge is 0.143 e. The van der Waals surface area contributed by atoms with Gasteiger partial charge in [0.1, 0.15) is 29.5 Å². The molecule has 2 aromatic carbocycles. The van der Waals surface area contributed by atoms with Crippen molar-refractivity contribution >= 4 is 33.3 Å². The fourth-order valence-electron chi connectivity index (χ4n) is 5.57. The molecule has 0 aliphatic heterocycles. The predicted molar refractivity (Wildman–Crippen MR) is 146 cm³/mol. The molecule has 5 nitrogen and oxygen atoms in total. The molecule has 2 atom stereocenters. The fraction of sp³-hybridized carbons (Fsp3) is 0.548. The number of benzene rings is 2. The molecule has 194 valence electrons. The van der Waals surface area contributed by atoms with Gasteiger partial charge in [-0.05, 0) is 74.7 Å². The van der Waals surface area contributed by atoms with Crippen molar-refractivity contribution in [3.63, 3.8) is 0 Å². The van der Waals surface area contributed by atoms with E-state index < -0.39 is 0 Å². The molecule has 1 aliphatic rings. The van der Waals surface area contributed by atoms with E-state index in [1.165, 1.54) is 32.1 Å². The number of carbonyl (C=O) groups is 2. The van der Waals surface area contributed by atoms with Crippen molar-refractivity contribution in [2.75, 3.05) is 20.2 Å². The summed E-state index contributed by atoms with van der Waals surface area (Å²) in [6.07, 6.45) is 10.0. The normalized spacial score (nSPS) is 16.5. The first-order valence-corrected chi connectivity index (χ1v) is 13.7. The molecule has 3 aromatic rings. The summed E-state index contributed by atoms with van der Waals surface area (Å²) in [7, 11) is 2.21. The van der Waals surface area contributed by atoms with E-state index in [2.05, 4.69) is 24.1 Å². The third-order valence-corrected chi connectivity index (χ3v) is 8.07. The van der Waals surface area contributed by atoms with Crippen LogP contribution >= 0.6 is 0 Å². The van der Waals surface area contributed by atoms with Crippen molar-refractivity contribution in [1.82, 2.24) is 4.90 Å². The Morgan fingerprint density at radius 1 is 1.14 bits per heavy atom. The molecular formula is C31H41NO4. The lowest BCUT2D eigenvalue weighted by molar-refractivity contribution is -0.124. The minimum absolute atomic E-state index is 0.0615. The largest absolute Gasteiger partial charge is 0.492 e. The van der Waals surface area contributed by atoms with Crippen molar-refractivity contribution < 1.29 is 18.7 Å². The number of hydrogen-bond donors (Lipinski definition) is 0. The first-order chi connectivity index (χ1) is 17.4. The second kappa shape index (κ2) is 12.1. The molecule has 0 spiro atoms. The summed E-state index contributed by atoms with van der Waals surface area (Å²) < 4.78 is 12.1. The highest BCUT2D eigenvalue weighted by Gasteiger charge is 2.28. The maximum atomic E-state index is 13.3. The van der Waals surface area contributed by atoms with Crippen LogP contribution < -0.4 is 4.74 Å². The van der Waals surface area contributed by atoms with Crippen LogP contribution in [0, 0.1) is 5.92 Å². The van der Waals surface area contributed by atoms with Crippen LogP contribution in [0.3, 0.4) is 0 Å². The van der Waals surface area contributed by atoms with Crippen molar-refractivity contribution in [3.8, 4) is 5.75 Å². The highest BCUT2D eigenvalue weighted by molar-refractivity contribution is 6.09. The Balaban J connectivity index is 1.56. The Morgan fingerprint density at radius 3 is 2.64 bits per heavy atom. The van der Waals surface area contributed by atoms with E-state index in [1.54, 1.807) is 13.2 Å². The Bertz CT molecular complexity index is 1190. The number of ether oxygens (including phenoxy) is 1. The molecule has 1 heterocycles. The van der Waals surface area contributed by atoms with Gasteiger partial charge in [-0.3, -0.25) is 4.79 Å². The Labute approximate surface area is 215 Å². The lowest BCUT2D eigenvalue weighted by Crippen LogP contribution is -2.36. The summed E-state index contributed by atoms with van der Waals surface area (Å²) >= 11 is 0. The van der Waals surface area contributed by atoms with Gasteiger partial charge in [0.25, 0.3) is 0 Å². The van der Waals surface area contributed by atoms with Crippen molar-refractivity contribution in [1.29, 1.82) is 0 Å². The lowest BCUT2D eigenvalue weighted by Gasteiger charge is -2.31. The average Bonchev–Trinajstić information content (AvgIpc) is 3.32. The van der Waals surface area contributed by atoms with Crippen molar-refractivity contribution in [3.05, 3.63) is 42.2 Å². The zero-order valence-electron chi connectivity index (χ0n) is 22.3. The number of likely N-dealkylation sites (N-methyl/N-ethyl adjacent to an activating group) is 1. The number of nitrogens with zero attached hydrogens (tertiary/aromatic N) is 1. The van der Waals surface area contributed by atoms with Crippen LogP contribution in [0.5, 0.6) is 5.75 Å². The first-order valence-electron chi connectivity index (χ1n) is 13.7. The number of hydrogen-bond acceptors (Lipinski definition) is 5. The number of carbonyl (C=O) groups excluding carboxylic acids is 2. The predicted octanol–water partition coefficient (Wildman–Crippen LogP) is 7.30. The molecule has 4 rings (SSSR count). The molecule has 0 N–H and O–H groups in total. The minimum atomic E-state index is -0.345. The van der Waals surface area contributed by atoms with E-state index in [4.69, 9.17) is 9.15 Å². The molecule has 1 aliphatic carbocycles. The van der Waals surface area contributed by atoms with Gasteiger partial charge in [-0.25, -0.2) is 0 Å². The summed E-state index contributed by atoms with van der Waals surface area (Å²) in [6, 6.07) is 10.9. The van der Waals surface area contributed by atoms with Gasteiger partial charge in [0.2, 0.25) is 0 Å². The number of Topliss-reactive ketones (excluding diaryl/α,β-unsaturated/α-hetero) is 2. The Hall–Kier alpha value is -2.66. The number of fused-ring (bicyclic) bond motifs is 3. The molecule has 0 amide bonds. The topological polar surface area (TPSA) is 59.8 Å². The summed E-state index contributed by atoms with van der Waals surface area (Å²) in [5, 5.41) is 3.08. The minimum Gasteiger partial charge on any atom is -0.492 e. The second-order valence-corrected chi connectivity index (χ2v) is 10.6. The fourth-order valence-corrected chi connectivity index (χ4v) is 5.57. The highest BCUT2D eigenvalue weighted by Crippen LogP contribution is 2.38. The van der Waals surface area contributed by atoms with Crippen LogP contribution in [-0.2, 0) is 9.59 Å². The molecule has 1 fully saturated rings. The molecule has 2 unspecified atom stereocenters. The maximum Gasteiger partial charge on any atom is 0.143 e. The number of ketones is 2. The van der Waals surface area contributed by atoms with Gasteiger partial charge >= 0.3 is 0 Å². The summed E-state index contributed by atoms with van der Waals surface area (Å²) in [4.78, 5) is 27.5. The molecule has 1 saturated carbocycles. The average molecular weight is 492 g/mol. The van der Waals surface area contributed by atoms with Crippen LogP contribution in [0.25, 0.3) is 21.7 Å². The maximum absolute atomic E-state index is 13.3. The first kappa shape index (κ1) is 26.4. The zero-order valence-corrected chi connectivity index (χ0v) is 22.3. The Kier molecular flexibility index (Phi) is 8.84. The SMILES string of the molecule is CCC(C)C(=O)C(CCC(C)=O)c1coc2ccc3cc(OCCN(C)C4CCCCC4)ccc3c12. The van der Waals surface area contributed by atoms with E-state index in [9.17, 15) is 9.59 Å². The van der Waals surface area contributed by atoms with Crippen LogP contribution in [0.4, 0.5) is 0 Å². The van der Waals surface area contributed by atoms with Crippen LogP contribution in [0.15, 0.2) is 41.0 Å². The molecule has 0 saturated heterocycles. The summed E-state index contributed by atoms with van der Waals surface area (Å²) in [5.74, 6) is 0.731. The molecule has 0 radical (unpaired) electrons. The van der Waals surface area contributed by atoms with Crippen LogP contribution in [-0.4, -0.2) is 42.7 Å². The van der Waals surface area contributed by atoms with Crippen LogP contribution in [0.1, 0.15) is 83.6 Å². The van der Waals surface area contributed by atoms with E-state index in [-0.39, 0.29) is 23.4 Å². The molecular weight excluding hydrogens is 450 g/mol. The van der Waals surface area contributed by atoms with Gasteiger partial charge in [-0.1, -0.05) is 39.2 Å².